The summed E-state index contributed by atoms with van der Waals surface area (Å²) in [6.07, 6.45) is 3.03. The highest BCUT2D eigenvalue weighted by molar-refractivity contribution is 5.84. The molecule has 3 heterocycles. The van der Waals surface area contributed by atoms with Gasteiger partial charge < -0.3 is 29.5 Å². The van der Waals surface area contributed by atoms with E-state index in [0.717, 1.165) is 48.9 Å². The zero-order chi connectivity index (χ0) is 21.6. The predicted octanol–water partition coefficient (Wildman–Crippen LogP) is 3.75. The molecule has 2 aliphatic heterocycles. The summed E-state index contributed by atoms with van der Waals surface area (Å²) in [7, 11) is 0. The van der Waals surface area contributed by atoms with E-state index in [4.69, 9.17) is 4.74 Å². The first-order valence-electron chi connectivity index (χ1n) is 11.2. The molecule has 31 heavy (non-hydrogen) atoms. The highest BCUT2D eigenvalue weighted by atomic mass is 16.5. The number of ether oxygens (including phenoxy) is 1. The topological polar surface area (TPSA) is 78.1 Å². The van der Waals surface area contributed by atoms with E-state index in [1.807, 2.05) is 12.1 Å². The van der Waals surface area contributed by atoms with E-state index in [1.54, 1.807) is 18.2 Å². The second kappa shape index (κ2) is 7.86. The number of aryl methyl sites for hydroxylation is 1. The van der Waals surface area contributed by atoms with Crippen molar-refractivity contribution in [2.45, 2.75) is 50.5 Å². The third-order valence-electron chi connectivity index (χ3n) is 6.96. The van der Waals surface area contributed by atoms with Gasteiger partial charge in [-0.25, -0.2) is 0 Å². The van der Waals surface area contributed by atoms with Crippen molar-refractivity contribution in [1.29, 1.82) is 0 Å². The van der Waals surface area contributed by atoms with Crippen LogP contribution < -0.4 is 4.74 Å². The number of piperidine rings is 1. The molecule has 0 radical (unpaired) electrons. The van der Waals surface area contributed by atoms with Crippen LogP contribution in [-0.4, -0.2) is 50.0 Å². The molecule has 3 aromatic rings. The van der Waals surface area contributed by atoms with Gasteiger partial charge in [0.1, 0.15) is 17.1 Å². The van der Waals surface area contributed by atoms with Crippen LogP contribution in [0.25, 0.3) is 10.9 Å². The minimum atomic E-state index is -0.631. The molecule has 1 spiro atoms. The van der Waals surface area contributed by atoms with Crippen LogP contribution in [0.15, 0.2) is 48.7 Å². The quantitative estimate of drug-likeness (QED) is 0.597. The Labute approximate surface area is 182 Å². The SMILES string of the molecule is CCn1cc([C@H](O)CN2CCC3(CC2)C[C@@H](O)c2cc(O)ccc2O3)c2ccccc21. The van der Waals surface area contributed by atoms with Crippen molar-refractivity contribution in [2.24, 2.45) is 0 Å². The van der Waals surface area contributed by atoms with Gasteiger partial charge in [0, 0.05) is 60.8 Å². The van der Waals surface area contributed by atoms with Gasteiger partial charge in [-0.05, 0) is 44.0 Å². The first kappa shape index (κ1) is 20.4. The maximum absolute atomic E-state index is 11.0. The Morgan fingerprint density at radius 1 is 1.16 bits per heavy atom. The number of hydrogen-bond donors (Lipinski definition) is 3. The molecule has 2 aliphatic rings. The molecule has 1 aromatic heterocycles. The van der Waals surface area contributed by atoms with Crippen LogP contribution >= 0.6 is 0 Å². The lowest BCUT2D eigenvalue weighted by atomic mass is 9.81. The molecule has 0 aliphatic carbocycles. The Hall–Kier alpha value is -2.54. The first-order chi connectivity index (χ1) is 15.0. The van der Waals surface area contributed by atoms with Crippen molar-refractivity contribution < 1.29 is 20.1 Å². The number of hydrogen-bond acceptors (Lipinski definition) is 5. The molecule has 0 amide bonds. The maximum atomic E-state index is 11.0. The number of para-hydroxylation sites is 1. The van der Waals surface area contributed by atoms with Crippen molar-refractivity contribution in [3.63, 3.8) is 0 Å². The van der Waals surface area contributed by atoms with Gasteiger partial charge in [0.05, 0.1) is 12.2 Å². The standard InChI is InChI=1S/C25H30N2O4/c1-2-27-15-20(18-5-3-4-6-21(18)27)23(30)16-26-11-9-25(10-12-26)14-22(29)19-13-17(28)7-8-24(19)31-25/h3-8,13,15,22-23,28-30H,2,9-12,14,16H2,1H3/t22-,23-/m1/s1. The van der Waals surface area contributed by atoms with Crippen molar-refractivity contribution in [1.82, 2.24) is 9.47 Å². The second-order valence-corrected chi connectivity index (χ2v) is 8.93. The third kappa shape index (κ3) is 3.69. The van der Waals surface area contributed by atoms with Gasteiger partial charge in [0.15, 0.2) is 0 Å². The van der Waals surface area contributed by atoms with Crippen LogP contribution in [0.2, 0.25) is 0 Å². The molecular weight excluding hydrogens is 392 g/mol. The minimum Gasteiger partial charge on any atom is -0.508 e. The summed E-state index contributed by atoms with van der Waals surface area (Å²) in [4.78, 5) is 2.29. The number of rotatable bonds is 4. The largest absolute Gasteiger partial charge is 0.508 e. The van der Waals surface area contributed by atoms with Gasteiger partial charge in [-0.3, -0.25) is 0 Å². The second-order valence-electron chi connectivity index (χ2n) is 8.93. The molecule has 2 aromatic carbocycles. The number of aromatic nitrogens is 1. The number of likely N-dealkylation sites (tertiary alicyclic amines) is 1. The lowest BCUT2D eigenvalue weighted by molar-refractivity contribution is -0.0588. The van der Waals surface area contributed by atoms with Crippen LogP contribution in [0.3, 0.4) is 0 Å². The fraction of sp³-hybridized carbons (Fsp3) is 0.440. The lowest BCUT2D eigenvalue weighted by Gasteiger charge is -2.46. The Morgan fingerprint density at radius 2 is 1.94 bits per heavy atom. The summed E-state index contributed by atoms with van der Waals surface area (Å²) >= 11 is 0. The predicted molar refractivity (Wildman–Crippen MR) is 119 cm³/mol. The molecule has 0 bridgehead atoms. The molecule has 164 valence electrons. The monoisotopic (exact) mass is 422 g/mol. The third-order valence-corrected chi connectivity index (χ3v) is 6.96. The number of fused-ring (bicyclic) bond motifs is 2. The molecule has 1 saturated heterocycles. The summed E-state index contributed by atoms with van der Waals surface area (Å²) in [5, 5.41) is 32.5. The number of β-amino-alcohol motifs (C(OH)–C–C–N with tert-alkyl or cyclic N) is 1. The Kier molecular flexibility index (Phi) is 5.16. The van der Waals surface area contributed by atoms with Crippen LogP contribution in [0, 0.1) is 0 Å². The number of aliphatic hydroxyl groups is 2. The van der Waals surface area contributed by atoms with Crippen LogP contribution in [0.4, 0.5) is 0 Å². The summed E-state index contributed by atoms with van der Waals surface area (Å²) in [5.41, 5.74) is 2.42. The Bertz CT molecular complexity index is 1080. The lowest BCUT2D eigenvalue weighted by Crippen LogP contribution is -2.51. The summed E-state index contributed by atoms with van der Waals surface area (Å²) < 4.78 is 8.52. The Balaban J connectivity index is 1.27. The van der Waals surface area contributed by atoms with Gasteiger partial charge in [0.2, 0.25) is 0 Å². The van der Waals surface area contributed by atoms with E-state index >= 15 is 0 Å². The fourth-order valence-electron chi connectivity index (χ4n) is 5.22. The molecule has 6 nitrogen and oxygen atoms in total. The highest BCUT2D eigenvalue weighted by Crippen LogP contribution is 2.45. The van der Waals surface area contributed by atoms with Gasteiger partial charge in [-0.1, -0.05) is 18.2 Å². The summed E-state index contributed by atoms with van der Waals surface area (Å²) in [6, 6.07) is 13.2. The number of phenolic OH excluding ortho intramolecular Hbond substituents is 1. The smallest absolute Gasteiger partial charge is 0.126 e. The average molecular weight is 423 g/mol. The molecule has 1 fully saturated rings. The van der Waals surface area contributed by atoms with Crippen LogP contribution in [0.5, 0.6) is 11.5 Å². The average Bonchev–Trinajstić information content (AvgIpc) is 3.15. The van der Waals surface area contributed by atoms with Gasteiger partial charge >= 0.3 is 0 Å². The van der Waals surface area contributed by atoms with Crippen molar-refractivity contribution in [2.75, 3.05) is 19.6 Å². The van der Waals surface area contributed by atoms with Crippen molar-refractivity contribution in [3.8, 4) is 11.5 Å². The van der Waals surface area contributed by atoms with E-state index in [-0.39, 0.29) is 11.4 Å². The fourth-order valence-corrected chi connectivity index (χ4v) is 5.22. The highest BCUT2D eigenvalue weighted by Gasteiger charge is 2.43. The van der Waals surface area contributed by atoms with E-state index in [2.05, 4.69) is 34.7 Å². The normalized spacial score (nSPS) is 21.7. The van der Waals surface area contributed by atoms with Gasteiger partial charge in [-0.15, -0.1) is 0 Å². The minimum absolute atomic E-state index is 0.144. The Morgan fingerprint density at radius 3 is 2.71 bits per heavy atom. The first-order valence-corrected chi connectivity index (χ1v) is 11.2. The van der Waals surface area contributed by atoms with Gasteiger partial charge in [-0.2, -0.15) is 0 Å². The van der Waals surface area contributed by atoms with Gasteiger partial charge in [0.25, 0.3) is 0 Å². The number of aliphatic hydroxyl groups excluding tert-OH is 2. The van der Waals surface area contributed by atoms with E-state index < -0.39 is 12.2 Å². The van der Waals surface area contributed by atoms with Crippen LogP contribution in [0.1, 0.15) is 49.5 Å². The number of nitrogens with zero attached hydrogens (tertiary/aromatic N) is 2. The molecule has 0 saturated carbocycles. The molecule has 6 heteroatoms. The number of benzene rings is 2. The van der Waals surface area contributed by atoms with E-state index in [9.17, 15) is 15.3 Å². The van der Waals surface area contributed by atoms with Crippen molar-refractivity contribution >= 4 is 10.9 Å². The zero-order valence-electron chi connectivity index (χ0n) is 17.9. The molecule has 2 atom stereocenters. The molecule has 5 rings (SSSR count). The zero-order valence-corrected chi connectivity index (χ0v) is 17.9. The van der Waals surface area contributed by atoms with E-state index in [1.165, 1.54) is 0 Å². The number of aromatic hydroxyl groups is 1. The van der Waals surface area contributed by atoms with E-state index in [0.29, 0.717) is 24.3 Å². The molecule has 3 N–H and O–H groups in total. The van der Waals surface area contributed by atoms with Crippen molar-refractivity contribution in [3.05, 3.63) is 59.8 Å². The maximum Gasteiger partial charge on any atom is 0.126 e. The van der Waals surface area contributed by atoms with Crippen LogP contribution in [-0.2, 0) is 6.54 Å². The summed E-state index contributed by atoms with van der Waals surface area (Å²) in [6.45, 7) is 5.19. The summed E-state index contributed by atoms with van der Waals surface area (Å²) in [5.74, 6) is 0.808. The molecule has 0 unspecified atom stereocenters. The number of phenols is 1. The molecular formula is C25H30N2O4.